The fraction of sp³-hybridized carbons (Fsp3) is 0.368. The van der Waals surface area contributed by atoms with Gasteiger partial charge in [-0.2, -0.15) is 0 Å². The number of anilines is 1. The number of methoxy groups -OCH3 is 1. The lowest BCUT2D eigenvalue weighted by Gasteiger charge is -2.18. The van der Waals surface area contributed by atoms with Gasteiger partial charge in [-0.3, -0.25) is 0 Å². The first-order chi connectivity index (χ1) is 11.8. The second-order valence-corrected chi connectivity index (χ2v) is 6.82. The largest absolute Gasteiger partial charge is 0.493 e. The lowest BCUT2D eigenvalue weighted by molar-refractivity contribution is 0.200. The highest BCUT2D eigenvalue weighted by Gasteiger charge is 2.19. The Hall–Kier alpha value is -1.72. The summed E-state index contributed by atoms with van der Waals surface area (Å²) in [6.07, 6.45) is 5.08. The number of hydrazine groups is 1. The molecule has 2 aromatic carbocycles. The first kappa shape index (κ1) is 17.1. The Morgan fingerprint density at radius 3 is 2.54 bits per heavy atom. The molecule has 0 atom stereocenters. The van der Waals surface area contributed by atoms with E-state index in [-0.39, 0.29) is 0 Å². The van der Waals surface area contributed by atoms with Crippen LogP contribution in [-0.2, 0) is 6.54 Å². The normalized spacial score (nSPS) is 14.6. The van der Waals surface area contributed by atoms with Gasteiger partial charge in [0.25, 0.3) is 0 Å². The summed E-state index contributed by atoms with van der Waals surface area (Å²) < 4.78 is 12.7. The minimum atomic E-state index is 0.314. The Morgan fingerprint density at radius 2 is 1.83 bits per heavy atom. The highest BCUT2D eigenvalue weighted by atomic mass is 79.9. The lowest BCUT2D eigenvalue weighted by Crippen LogP contribution is -2.21. The maximum atomic E-state index is 6.12. The monoisotopic (exact) mass is 390 g/mol. The fourth-order valence-electron chi connectivity index (χ4n) is 2.91. The molecular formula is C19H23BrN2O2. The highest BCUT2D eigenvalue weighted by Crippen LogP contribution is 2.36. The summed E-state index contributed by atoms with van der Waals surface area (Å²) in [6.45, 7) is 0.662. The molecule has 4 nitrogen and oxygen atoms in total. The van der Waals surface area contributed by atoms with E-state index in [1.54, 1.807) is 7.11 Å². The van der Waals surface area contributed by atoms with Crippen LogP contribution in [0.5, 0.6) is 11.5 Å². The third-order valence-corrected chi connectivity index (χ3v) is 4.95. The summed E-state index contributed by atoms with van der Waals surface area (Å²) >= 11 is 3.64. The van der Waals surface area contributed by atoms with Gasteiger partial charge < -0.3 is 14.9 Å². The Bertz CT molecular complexity index is 658. The van der Waals surface area contributed by atoms with Crippen molar-refractivity contribution in [3.8, 4) is 11.5 Å². The first-order valence-electron chi connectivity index (χ1n) is 8.33. The van der Waals surface area contributed by atoms with Gasteiger partial charge in [0, 0.05) is 16.7 Å². The lowest BCUT2D eigenvalue weighted by atomic mass is 10.2. The second-order valence-electron chi connectivity index (χ2n) is 5.96. The molecule has 0 bridgehead atoms. The molecule has 1 aliphatic carbocycles. The van der Waals surface area contributed by atoms with Gasteiger partial charge in [0.2, 0.25) is 0 Å². The van der Waals surface area contributed by atoms with Gasteiger partial charge >= 0.3 is 0 Å². The molecule has 0 unspecified atom stereocenters. The van der Waals surface area contributed by atoms with E-state index in [1.165, 1.54) is 12.8 Å². The molecule has 1 saturated carbocycles. The SMILES string of the molecule is COc1cc(CNNc2ccccc2)c(Br)cc1OC1CCCC1. The molecule has 1 aliphatic rings. The van der Waals surface area contributed by atoms with Crippen molar-refractivity contribution >= 4 is 21.6 Å². The highest BCUT2D eigenvalue weighted by molar-refractivity contribution is 9.10. The Balaban J connectivity index is 1.64. The van der Waals surface area contributed by atoms with Gasteiger partial charge in [-0.15, -0.1) is 0 Å². The Morgan fingerprint density at radius 1 is 1.08 bits per heavy atom. The molecule has 128 valence electrons. The molecule has 0 aromatic heterocycles. The zero-order valence-electron chi connectivity index (χ0n) is 13.8. The number of nitrogens with one attached hydrogen (secondary N) is 2. The van der Waals surface area contributed by atoms with Crippen molar-refractivity contribution in [2.24, 2.45) is 0 Å². The van der Waals surface area contributed by atoms with Crippen LogP contribution in [0.2, 0.25) is 0 Å². The summed E-state index contributed by atoms with van der Waals surface area (Å²) in [4.78, 5) is 0. The molecule has 0 amide bonds. The van der Waals surface area contributed by atoms with E-state index in [2.05, 4.69) is 26.8 Å². The minimum Gasteiger partial charge on any atom is -0.493 e. The predicted molar refractivity (Wildman–Crippen MR) is 100 cm³/mol. The third-order valence-electron chi connectivity index (χ3n) is 4.21. The number of halogens is 1. The maximum absolute atomic E-state index is 6.12. The molecule has 2 aromatic rings. The minimum absolute atomic E-state index is 0.314. The summed E-state index contributed by atoms with van der Waals surface area (Å²) in [6, 6.07) is 14.1. The summed E-state index contributed by atoms with van der Waals surface area (Å²) in [7, 11) is 1.68. The van der Waals surface area contributed by atoms with Crippen molar-refractivity contribution in [1.82, 2.24) is 5.43 Å². The van der Waals surface area contributed by atoms with Gasteiger partial charge in [-0.05, 0) is 55.5 Å². The van der Waals surface area contributed by atoms with Gasteiger partial charge in [-0.1, -0.05) is 34.1 Å². The van der Waals surface area contributed by atoms with E-state index in [0.717, 1.165) is 40.1 Å². The summed E-state index contributed by atoms with van der Waals surface area (Å²) in [5.41, 5.74) is 8.55. The smallest absolute Gasteiger partial charge is 0.162 e. The molecule has 24 heavy (non-hydrogen) atoms. The zero-order chi connectivity index (χ0) is 16.8. The quantitative estimate of drug-likeness (QED) is 0.660. The average Bonchev–Trinajstić information content (AvgIpc) is 3.11. The molecule has 0 aliphatic heterocycles. The topological polar surface area (TPSA) is 42.5 Å². The number of benzene rings is 2. The number of para-hydroxylation sites is 1. The van der Waals surface area contributed by atoms with Crippen LogP contribution in [0.25, 0.3) is 0 Å². The standard InChI is InChI=1S/C19H23BrN2O2/c1-23-18-11-14(13-21-22-15-7-3-2-4-8-15)17(20)12-19(18)24-16-9-5-6-10-16/h2-4,7-8,11-12,16,21-22H,5-6,9-10,13H2,1H3. The van der Waals surface area contributed by atoms with Crippen LogP contribution < -0.4 is 20.3 Å². The van der Waals surface area contributed by atoms with Crippen LogP contribution in [0.4, 0.5) is 5.69 Å². The van der Waals surface area contributed by atoms with Crippen LogP contribution in [0, 0.1) is 0 Å². The van der Waals surface area contributed by atoms with Crippen LogP contribution in [0.15, 0.2) is 46.9 Å². The number of ether oxygens (including phenoxy) is 2. The molecule has 2 N–H and O–H groups in total. The molecule has 0 spiro atoms. The molecule has 0 radical (unpaired) electrons. The van der Waals surface area contributed by atoms with Crippen LogP contribution in [0.1, 0.15) is 31.2 Å². The van der Waals surface area contributed by atoms with Crippen molar-refractivity contribution < 1.29 is 9.47 Å². The van der Waals surface area contributed by atoms with Crippen LogP contribution in [0.3, 0.4) is 0 Å². The van der Waals surface area contributed by atoms with E-state index in [9.17, 15) is 0 Å². The number of hydrogen-bond acceptors (Lipinski definition) is 4. The summed E-state index contributed by atoms with van der Waals surface area (Å²) in [5.74, 6) is 1.60. The van der Waals surface area contributed by atoms with E-state index in [4.69, 9.17) is 9.47 Å². The Labute approximate surface area is 151 Å². The number of rotatable bonds is 7. The van der Waals surface area contributed by atoms with Crippen molar-refractivity contribution in [3.05, 3.63) is 52.5 Å². The molecule has 5 heteroatoms. The van der Waals surface area contributed by atoms with E-state index in [0.29, 0.717) is 12.6 Å². The average molecular weight is 391 g/mol. The molecule has 3 rings (SSSR count). The first-order valence-corrected chi connectivity index (χ1v) is 9.12. The van der Waals surface area contributed by atoms with Crippen molar-refractivity contribution in [1.29, 1.82) is 0 Å². The van der Waals surface area contributed by atoms with Gasteiger partial charge in [0.15, 0.2) is 11.5 Å². The van der Waals surface area contributed by atoms with Crippen molar-refractivity contribution in [3.63, 3.8) is 0 Å². The van der Waals surface area contributed by atoms with Gasteiger partial charge in [0.05, 0.1) is 13.2 Å². The molecule has 1 fully saturated rings. The van der Waals surface area contributed by atoms with Gasteiger partial charge in [0.1, 0.15) is 0 Å². The predicted octanol–water partition coefficient (Wildman–Crippen LogP) is 4.90. The second kappa shape index (κ2) is 8.40. The van der Waals surface area contributed by atoms with Gasteiger partial charge in [-0.25, -0.2) is 5.43 Å². The fourth-order valence-corrected chi connectivity index (χ4v) is 3.38. The van der Waals surface area contributed by atoms with Crippen molar-refractivity contribution in [2.45, 2.75) is 38.3 Å². The maximum Gasteiger partial charge on any atom is 0.162 e. The van der Waals surface area contributed by atoms with E-state index < -0.39 is 0 Å². The Kier molecular flexibility index (Phi) is 5.99. The number of hydrogen-bond donors (Lipinski definition) is 2. The zero-order valence-corrected chi connectivity index (χ0v) is 15.4. The van der Waals surface area contributed by atoms with E-state index in [1.807, 2.05) is 42.5 Å². The molecular weight excluding hydrogens is 368 g/mol. The van der Waals surface area contributed by atoms with Crippen LogP contribution >= 0.6 is 15.9 Å². The van der Waals surface area contributed by atoms with Crippen molar-refractivity contribution in [2.75, 3.05) is 12.5 Å². The summed E-state index contributed by atoms with van der Waals surface area (Å²) in [5, 5.41) is 0. The third kappa shape index (κ3) is 4.42. The molecule has 0 saturated heterocycles. The van der Waals surface area contributed by atoms with E-state index >= 15 is 0 Å². The van der Waals surface area contributed by atoms with Crippen LogP contribution in [-0.4, -0.2) is 13.2 Å². The molecule has 0 heterocycles.